The van der Waals surface area contributed by atoms with Gasteiger partial charge in [-0.15, -0.1) is 11.8 Å². The van der Waals surface area contributed by atoms with Crippen molar-refractivity contribution in [1.82, 2.24) is 10.2 Å². The molecule has 128 valence electrons. The second-order valence-electron chi connectivity index (χ2n) is 6.12. The average molecular weight is 342 g/mol. The van der Waals surface area contributed by atoms with Gasteiger partial charge in [0.1, 0.15) is 5.70 Å². The Balaban J connectivity index is 1.97. The van der Waals surface area contributed by atoms with Crippen LogP contribution in [0.1, 0.15) is 27.2 Å². The van der Waals surface area contributed by atoms with Crippen molar-refractivity contribution >= 4 is 29.5 Å². The molecule has 8 heteroatoms. The van der Waals surface area contributed by atoms with Gasteiger partial charge in [-0.2, -0.15) is 0 Å². The van der Waals surface area contributed by atoms with Crippen molar-refractivity contribution in [3.05, 3.63) is 10.6 Å². The van der Waals surface area contributed by atoms with Crippen LogP contribution in [0.4, 0.5) is 0 Å². The predicted molar refractivity (Wildman–Crippen MR) is 85.4 cm³/mol. The number of fused-ring (bicyclic) bond motifs is 1. The molecule has 7 nitrogen and oxygen atoms in total. The van der Waals surface area contributed by atoms with Crippen LogP contribution >= 0.6 is 11.8 Å². The van der Waals surface area contributed by atoms with E-state index in [1.807, 2.05) is 0 Å². The standard InChI is InChI=1S/C15H22N2O5S/c1-7(2)13(19)16-4-5-23-10-6-9-11(8(3)18)14(20)17(9)12(10)15(21)22/h7-9,11,18H,4-6H2,1-3H3,(H,16,19)(H,21,22)/t8-,9-,11-/m1/s1. The molecule has 3 atom stereocenters. The molecule has 0 spiro atoms. The highest BCUT2D eigenvalue weighted by atomic mass is 32.2. The topological polar surface area (TPSA) is 107 Å². The molecule has 0 radical (unpaired) electrons. The van der Waals surface area contributed by atoms with Gasteiger partial charge in [0.15, 0.2) is 0 Å². The number of hydrogen-bond acceptors (Lipinski definition) is 5. The van der Waals surface area contributed by atoms with Gasteiger partial charge >= 0.3 is 5.97 Å². The van der Waals surface area contributed by atoms with E-state index in [1.54, 1.807) is 20.8 Å². The molecule has 1 fully saturated rings. The van der Waals surface area contributed by atoms with E-state index < -0.39 is 18.0 Å². The number of thioether (sulfide) groups is 1. The number of aliphatic hydroxyl groups excluding tert-OH is 1. The zero-order valence-electron chi connectivity index (χ0n) is 13.4. The third-order valence-corrected chi connectivity index (χ3v) is 5.21. The van der Waals surface area contributed by atoms with Gasteiger partial charge in [-0.05, 0) is 6.92 Å². The van der Waals surface area contributed by atoms with Crippen molar-refractivity contribution in [2.24, 2.45) is 11.8 Å². The zero-order chi connectivity index (χ0) is 17.3. The summed E-state index contributed by atoms with van der Waals surface area (Å²) < 4.78 is 0. The second-order valence-corrected chi connectivity index (χ2v) is 7.31. The number of carboxylic acids is 1. The van der Waals surface area contributed by atoms with Crippen molar-refractivity contribution in [3.8, 4) is 0 Å². The van der Waals surface area contributed by atoms with Gasteiger partial charge in [0.25, 0.3) is 0 Å². The summed E-state index contributed by atoms with van der Waals surface area (Å²) in [5.74, 6) is -1.57. The lowest BCUT2D eigenvalue weighted by molar-refractivity contribution is -0.161. The Morgan fingerprint density at radius 2 is 2.04 bits per heavy atom. The lowest BCUT2D eigenvalue weighted by Gasteiger charge is -2.44. The highest BCUT2D eigenvalue weighted by molar-refractivity contribution is 8.03. The van der Waals surface area contributed by atoms with Gasteiger partial charge in [0, 0.05) is 29.5 Å². The van der Waals surface area contributed by atoms with Gasteiger partial charge in [-0.3, -0.25) is 9.59 Å². The van der Waals surface area contributed by atoms with E-state index in [4.69, 9.17) is 0 Å². The van der Waals surface area contributed by atoms with Crippen LogP contribution in [-0.4, -0.2) is 57.3 Å². The van der Waals surface area contributed by atoms with Crippen molar-refractivity contribution in [2.45, 2.75) is 39.3 Å². The summed E-state index contributed by atoms with van der Waals surface area (Å²) in [6, 6.07) is -0.263. The Labute approximate surface area is 139 Å². The van der Waals surface area contributed by atoms with Crippen LogP contribution in [0.3, 0.4) is 0 Å². The summed E-state index contributed by atoms with van der Waals surface area (Å²) >= 11 is 1.35. The third-order valence-electron chi connectivity index (χ3n) is 4.09. The molecule has 2 aliphatic heterocycles. The molecule has 23 heavy (non-hydrogen) atoms. The van der Waals surface area contributed by atoms with Crippen LogP contribution in [-0.2, 0) is 14.4 Å². The van der Waals surface area contributed by atoms with E-state index in [1.165, 1.54) is 16.7 Å². The maximum atomic E-state index is 12.0. The molecule has 1 saturated heterocycles. The maximum Gasteiger partial charge on any atom is 0.353 e. The first kappa shape index (κ1) is 17.8. The number of β-lactam (4-membered cyclic amide) rings is 1. The predicted octanol–water partition coefficient (Wildman–Crippen LogP) is 0.399. The first-order valence-electron chi connectivity index (χ1n) is 7.63. The molecule has 0 aromatic carbocycles. The number of hydrogen-bond donors (Lipinski definition) is 3. The molecule has 2 heterocycles. The SMILES string of the molecule is CC(C)C(=O)NCCSC1=C(C(=O)O)N2C(=O)[C@H]([C@@H](C)O)[C@H]2C1. The van der Waals surface area contributed by atoms with Crippen LogP contribution < -0.4 is 5.32 Å². The fraction of sp³-hybridized carbons (Fsp3) is 0.667. The van der Waals surface area contributed by atoms with Crippen molar-refractivity contribution < 1.29 is 24.6 Å². The normalized spacial score (nSPS) is 24.6. The summed E-state index contributed by atoms with van der Waals surface area (Å²) in [6.07, 6.45) is -0.334. The lowest BCUT2D eigenvalue weighted by atomic mass is 9.83. The zero-order valence-corrected chi connectivity index (χ0v) is 14.2. The minimum absolute atomic E-state index is 0.0251. The van der Waals surface area contributed by atoms with E-state index in [9.17, 15) is 24.6 Å². The van der Waals surface area contributed by atoms with Crippen LogP contribution in [0.2, 0.25) is 0 Å². The molecule has 2 aliphatic rings. The van der Waals surface area contributed by atoms with Gasteiger partial charge in [-0.25, -0.2) is 4.79 Å². The Hall–Kier alpha value is -1.54. The fourth-order valence-electron chi connectivity index (χ4n) is 2.91. The summed E-state index contributed by atoms with van der Waals surface area (Å²) in [7, 11) is 0. The van der Waals surface area contributed by atoms with E-state index in [-0.39, 0.29) is 29.5 Å². The van der Waals surface area contributed by atoms with Crippen LogP contribution in [0, 0.1) is 11.8 Å². The maximum absolute atomic E-state index is 12.0. The van der Waals surface area contributed by atoms with Crippen LogP contribution in [0.5, 0.6) is 0 Å². The van der Waals surface area contributed by atoms with E-state index in [0.29, 0.717) is 23.6 Å². The molecule has 0 aliphatic carbocycles. The average Bonchev–Trinajstić information content (AvgIpc) is 2.77. The molecule has 0 bridgehead atoms. The molecule has 2 rings (SSSR count). The van der Waals surface area contributed by atoms with Crippen molar-refractivity contribution in [2.75, 3.05) is 12.3 Å². The molecule has 3 N–H and O–H groups in total. The molecule has 0 aromatic heterocycles. The number of aliphatic carboxylic acids is 1. The second kappa shape index (κ2) is 6.92. The minimum atomic E-state index is -1.13. The monoisotopic (exact) mass is 342 g/mol. The van der Waals surface area contributed by atoms with Crippen LogP contribution in [0.25, 0.3) is 0 Å². The smallest absolute Gasteiger partial charge is 0.353 e. The molecule has 0 aromatic rings. The Kier molecular flexibility index (Phi) is 5.36. The molecule has 0 saturated carbocycles. The fourth-order valence-corrected chi connectivity index (χ4v) is 3.97. The summed E-state index contributed by atoms with van der Waals surface area (Å²) in [5.41, 5.74) is 0.0251. The Morgan fingerprint density at radius 1 is 1.39 bits per heavy atom. The molecule has 0 unspecified atom stereocenters. The minimum Gasteiger partial charge on any atom is -0.477 e. The number of nitrogens with zero attached hydrogens (tertiary/aromatic N) is 1. The summed E-state index contributed by atoms with van der Waals surface area (Å²) in [6.45, 7) is 5.60. The quantitative estimate of drug-likeness (QED) is 0.457. The highest BCUT2D eigenvalue weighted by Gasteiger charge is 2.56. The van der Waals surface area contributed by atoms with Gasteiger partial charge in [0.05, 0.1) is 18.1 Å². The largest absolute Gasteiger partial charge is 0.477 e. The van der Waals surface area contributed by atoms with E-state index >= 15 is 0 Å². The number of carbonyl (C=O) groups excluding carboxylic acids is 2. The number of nitrogens with one attached hydrogen (secondary N) is 1. The first-order chi connectivity index (χ1) is 10.8. The number of rotatable bonds is 7. The number of amides is 2. The summed E-state index contributed by atoms with van der Waals surface area (Å²) in [4.78, 5) is 36.9. The van der Waals surface area contributed by atoms with Gasteiger partial charge < -0.3 is 20.4 Å². The molecule has 2 amide bonds. The summed E-state index contributed by atoms with van der Waals surface area (Å²) in [5, 5.41) is 21.8. The highest BCUT2D eigenvalue weighted by Crippen LogP contribution is 2.46. The number of carbonyl (C=O) groups is 3. The Bertz CT molecular complexity index is 558. The number of carboxylic acid groups (broad SMARTS) is 1. The van der Waals surface area contributed by atoms with E-state index in [0.717, 1.165) is 0 Å². The molecular weight excluding hydrogens is 320 g/mol. The molecular formula is C15H22N2O5S. The van der Waals surface area contributed by atoms with Gasteiger partial charge in [-0.1, -0.05) is 13.8 Å². The van der Waals surface area contributed by atoms with Crippen molar-refractivity contribution in [1.29, 1.82) is 0 Å². The first-order valence-corrected chi connectivity index (χ1v) is 8.62. The van der Waals surface area contributed by atoms with Crippen LogP contribution in [0.15, 0.2) is 10.6 Å². The van der Waals surface area contributed by atoms with E-state index in [2.05, 4.69) is 5.32 Å². The van der Waals surface area contributed by atoms with Crippen molar-refractivity contribution in [3.63, 3.8) is 0 Å². The third kappa shape index (κ3) is 3.37. The lowest BCUT2D eigenvalue weighted by Crippen LogP contribution is -2.61. The number of aliphatic hydroxyl groups is 1. The Morgan fingerprint density at radius 3 is 2.57 bits per heavy atom. The van der Waals surface area contributed by atoms with Gasteiger partial charge in [0.2, 0.25) is 11.8 Å².